The third kappa shape index (κ3) is 1.40. The van der Waals surface area contributed by atoms with Crippen LogP contribution in [0.3, 0.4) is 0 Å². The molecule has 0 atom stereocenters. The number of hydrogen-bond donors (Lipinski definition) is 0. The Morgan fingerprint density at radius 2 is 1.12 bits per heavy atom. The Bertz CT molecular complexity index is 719. The van der Waals surface area contributed by atoms with Crippen molar-refractivity contribution in [3.05, 3.63) is 65.3 Å². The first-order valence-electron chi connectivity index (χ1n) is 5.62. The Balaban J connectivity index is 2.47. The minimum atomic E-state index is 0.997. The van der Waals surface area contributed by atoms with Crippen molar-refractivity contribution in [2.45, 2.75) is 0 Å². The summed E-state index contributed by atoms with van der Waals surface area (Å²) in [5, 5.41) is 4.33. The highest BCUT2D eigenvalue weighted by Gasteiger charge is 2.04. The van der Waals surface area contributed by atoms with Crippen LogP contribution >= 0.6 is 0 Å². The highest BCUT2D eigenvalue weighted by Crippen LogP contribution is 2.08. The van der Waals surface area contributed by atoms with E-state index in [1.165, 1.54) is 10.8 Å². The summed E-state index contributed by atoms with van der Waals surface area (Å²) in [7, 11) is 0. The molecule has 1 heteroatoms. The van der Waals surface area contributed by atoms with E-state index in [4.69, 9.17) is 0 Å². The molecule has 0 saturated heterocycles. The molecule has 1 heterocycles. The van der Waals surface area contributed by atoms with Gasteiger partial charge in [-0.3, -0.25) is 0 Å². The van der Waals surface area contributed by atoms with Crippen molar-refractivity contribution in [3.8, 4) is 5.69 Å². The first kappa shape index (κ1) is 9.91. The third-order valence-electron chi connectivity index (χ3n) is 3.10. The third-order valence-corrected chi connectivity index (χ3v) is 3.10. The molecule has 0 aliphatic carbocycles. The van der Waals surface area contributed by atoms with Crippen LogP contribution in [0.25, 0.3) is 29.6 Å². The Morgan fingerprint density at radius 3 is 1.65 bits per heavy atom. The summed E-state index contributed by atoms with van der Waals surface area (Å²) in [6.07, 6.45) is 0. The monoisotopic (exact) mass is 219 g/mol. The summed E-state index contributed by atoms with van der Waals surface area (Å²) < 4.78 is 2.10. The first-order chi connectivity index (χ1) is 8.29. The maximum absolute atomic E-state index is 4.17. The van der Waals surface area contributed by atoms with Gasteiger partial charge in [-0.15, -0.1) is 0 Å². The maximum atomic E-state index is 4.17. The van der Waals surface area contributed by atoms with E-state index in [0.29, 0.717) is 0 Å². The van der Waals surface area contributed by atoms with Crippen LogP contribution in [0.4, 0.5) is 0 Å². The molecular formula is C16H13N. The second-order valence-electron chi connectivity index (χ2n) is 4.11. The fourth-order valence-corrected chi connectivity index (χ4v) is 2.28. The predicted octanol–water partition coefficient (Wildman–Crippen LogP) is 2.45. The van der Waals surface area contributed by atoms with E-state index in [1.807, 2.05) is 30.3 Å². The fourth-order valence-electron chi connectivity index (χ4n) is 2.28. The first-order valence-corrected chi connectivity index (χ1v) is 5.62. The second kappa shape index (κ2) is 3.63. The van der Waals surface area contributed by atoms with Gasteiger partial charge in [-0.25, -0.2) is 0 Å². The smallest absolute Gasteiger partial charge is 0.0469 e. The topological polar surface area (TPSA) is 4.93 Å². The van der Waals surface area contributed by atoms with E-state index < -0.39 is 0 Å². The Hall–Kier alpha value is -2.28. The van der Waals surface area contributed by atoms with Gasteiger partial charge in [0.05, 0.1) is 0 Å². The lowest BCUT2D eigenvalue weighted by molar-refractivity contribution is 1.01. The molecule has 0 amide bonds. The summed E-state index contributed by atoms with van der Waals surface area (Å²) in [4.78, 5) is 0. The molecule has 2 aromatic carbocycles. The molecule has 0 spiro atoms. The summed E-state index contributed by atoms with van der Waals surface area (Å²) in [6.45, 7) is 8.34. The summed E-state index contributed by atoms with van der Waals surface area (Å²) >= 11 is 0. The lowest BCUT2D eigenvalue weighted by atomic mass is 10.2. The van der Waals surface area contributed by atoms with Crippen molar-refractivity contribution >= 4 is 23.9 Å². The molecule has 0 unspecified atom stereocenters. The molecule has 0 radical (unpaired) electrons. The molecule has 0 N–H and O–H groups in total. The van der Waals surface area contributed by atoms with Crippen molar-refractivity contribution in [3.63, 3.8) is 0 Å². The zero-order chi connectivity index (χ0) is 11.8. The number of nitrogens with zero attached hydrogens (tertiary/aromatic N) is 1. The van der Waals surface area contributed by atoms with E-state index in [2.05, 4.69) is 42.0 Å². The molecule has 0 aliphatic rings. The highest BCUT2D eigenvalue weighted by molar-refractivity contribution is 5.84. The van der Waals surface area contributed by atoms with Crippen molar-refractivity contribution in [2.24, 2.45) is 0 Å². The lowest BCUT2D eigenvalue weighted by Crippen LogP contribution is -2.22. The van der Waals surface area contributed by atoms with Crippen LogP contribution in [0.15, 0.2) is 54.6 Å². The number of benzene rings is 2. The second-order valence-corrected chi connectivity index (χ2v) is 4.11. The van der Waals surface area contributed by atoms with Crippen LogP contribution in [0.1, 0.15) is 0 Å². The predicted molar refractivity (Wildman–Crippen MR) is 73.6 cm³/mol. The molecule has 82 valence electrons. The Morgan fingerprint density at radius 1 is 0.647 bits per heavy atom. The van der Waals surface area contributed by atoms with Gasteiger partial charge in [0, 0.05) is 27.2 Å². The SMILES string of the molecule is C=c1c2ccccc2c(=C)n1-c1ccccc1. The minimum Gasteiger partial charge on any atom is -0.310 e. The molecule has 17 heavy (non-hydrogen) atoms. The average molecular weight is 219 g/mol. The van der Waals surface area contributed by atoms with Crippen LogP contribution in [0, 0.1) is 0 Å². The maximum Gasteiger partial charge on any atom is 0.0469 e. The zero-order valence-electron chi connectivity index (χ0n) is 9.56. The van der Waals surface area contributed by atoms with Crippen LogP contribution in [-0.4, -0.2) is 4.57 Å². The van der Waals surface area contributed by atoms with Gasteiger partial charge in [0.1, 0.15) is 0 Å². The molecule has 0 bridgehead atoms. The van der Waals surface area contributed by atoms with Crippen LogP contribution < -0.4 is 10.7 Å². The van der Waals surface area contributed by atoms with Gasteiger partial charge in [0.15, 0.2) is 0 Å². The number of aromatic nitrogens is 1. The van der Waals surface area contributed by atoms with E-state index in [1.54, 1.807) is 0 Å². The Kier molecular flexibility index (Phi) is 2.12. The number of fused-ring (bicyclic) bond motifs is 1. The van der Waals surface area contributed by atoms with Crippen LogP contribution in [0.5, 0.6) is 0 Å². The molecular weight excluding hydrogens is 206 g/mol. The van der Waals surface area contributed by atoms with Crippen molar-refractivity contribution < 1.29 is 0 Å². The highest BCUT2D eigenvalue weighted by atomic mass is 15.0. The summed E-state index contributed by atoms with van der Waals surface area (Å²) in [5.41, 5.74) is 1.11. The zero-order valence-corrected chi connectivity index (χ0v) is 9.56. The fraction of sp³-hybridized carbons (Fsp3) is 0. The van der Waals surface area contributed by atoms with E-state index >= 15 is 0 Å². The molecule has 1 nitrogen and oxygen atoms in total. The van der Waals surface area contributed by atoms with E-state index in [-0.39, 0.29) is 0 Å². The molecule has 3 rings (SSSR count). The number of rotatable bonds is 1. The van der Waals surface area contributed by atoms with Crippen LogP contribution in [-0.2, 0) is 0 Å². The van der Waals surface area contributed by atoms with Gasteiger partial charge in [-0.05, 0) is 12.1 Å². The molecule has 0 aliphatic heterocycles. The lowest BCUT2D eigenvalue weighted by Gasteiger charge is -2.03. The van der Waals surface area contributed by atoms with Gasteiger partial charge in [0.25, 0.3) is 0 Å². The minimum absolute atomic E-state index is 0.997. The molecule has 0 fully saturated rings. The van der Waals surface area contributed by atoms with Gasteiger partial charge in [-0.2, -0.15) is 0 Å². The van der Waals surface area contributed by atoms with Gasteiger partial charge in [0.2, 0.25) is 0 Å². The number of hydrogen-bond acceptors (Lipinski definition) is 0. The Labute approximate surface area is 99.9 Å². The van der Waals surface area contributed by atoms with E-state index in [9.17, 15) is 0 Å². The van der Waals surface area contributed by atoms with Gasteiger partial charge < -0.3 is 4.57 Å². The largest absolute Gasteiger partial charge is 0.310 e. The van der Waals surface area contributed by atoms with Gasteiger partial charge in [-0.1, -0.05) is 55.6 Å². The number of para-hydroxylation sites is 1. The van der Waals surface area contributed by atoms with Crippen LogP contribution in [0.2, 0.25) is 0 Å². The normalized spacial score (nSPS) is 10.8. The summed E-state index contributed by atoms with van der Waals surface area (Å²) in [5.74, 6) is 0. The standard InChI is InChI=1S/C16H13N/c1-12-15-10-6-7-11-16(15)13(2)17(12)14-8-4-3-5-9-14/h3-11H,1-2H2. The average Bonchev–Trinajstić information content (AvgIpc) is 2.64. The molecule has 3 aromatic rings. The molecule has 0 saturated carbocycles. The van der Waals surface area contributed by atoms with Crippen molar-refractivity contribution in [2.75, 3.05) is 0 Å². The van der Waals surface area contributed by atoms with Gasteiger partial charge >= 0.3 is 0 Å². The quantitative estimate of drug-likeness (QED) is 0.592. The van der Waals surface area contributed by atoms with Crippen molar-refractivity contribution in [1.29, 1.82) is 0 Å². The van der Waals surface area contributed by atoms with E-state index in [0.717, 1.165) is 16.4 Å². The summed E-state index contributed by atoms with van der Waals surface area (Å²) in [6, 6.07) is 18.5. The molecule has 1 aromatic heterocycles. The van der Waals surface area contributed by atoms with Crippen molar-refractivity contribution in [1.82, 2.24) is 4.57 Å².